The molecule has 1 aliphatic rings. The summed E-state index contributed by atoms with van der Waals surface area (Å²) in [5.74, 6) is -1.89. The van der Waals surface area contributed by atoms with Gasteiger partial charge in [0.05, 0.1) is 11.3 Å². The van der Waals surface area contributed by atoms with Crippen LogP contribution in [0.2, 0.25) is 0 Å². The van der Waals surface area contributed by atoms with E-state index in [2.05, 4.69) is 4.98 Å². The molecule has 0 saturated carbocycles. The van der Waals surface area contributed by atoms with E-state index in [4.69, 9.17) is 0 Å². The zero-order chi connectivity index (χ0) is 19.8. The number of rotatable bonds is 4. The van der Waals surface area contributed by atoms with Crippen LogP contribution >= 0.6 is 0 Å². The van der Waals surface area contributed by atoms with Crippen molar-refractivity contribution in [2.24, 2.45) is 0 Å². The van der Waals surface area contributed by atoms with Gasteiger partial charge in [0.1, 0.15) is 5.82 Å². The minimum atomic E-state index is -4.71. The third-order valence-corrected chi connectivity index (χ3v) is 4.42. The summed E-state index contributed by atoms with van der Waals surface area (Å²) < 4.78 is 52.2. The van der Waals surface area contributed by atoms with Gasteiger partial charge in [0.25, 0.3) is 0 Å². The molecule has 0 aliphatic heterocycles. The number of alkyl halides is 3. The molecule has 27 heavy (non-hydrogen) atoms. The molecular formula is C20H15F4NO2. The SMILES string of the molecule is CCCC1=C(Cc2ncc(C(F)(F)F)cc2F)C(=O)c2ccccc2C1=O. The molecule has 1 heterocycles. The van der Waals surface area contributed by atoms with Crippen LogP contribution in [0.5, 0.6) is 0 Å². The fraction of sp³-hybridized carbons (Fsp3) is 0.250. The molecule has 1 aliphatic carbocycles. The number of pyridine rings is 1. The number of allylic oxidation sites excluding steroid dienone is 2. The zero-order valence-corrected chi connectivity index (χ0v) is 14.4. The maximum atomic E-state index is 14.2. The molecule has 0 N–H and O–H groups in total. The molecule has 0 atom stereocenters. The van der Waals surface area contributed by atoms with Crippen molar-refractivity contribution < 1.29 is 27.2 Å². The third kappa shape index (κ3) is 3.54. The summed E-state index contributed by atoms with van der Waals surface area (Å²) in [4.78, 5) is 29.2. The van der Waals surface area contributed by atoms with E-state index in [1.54, 1.807) is 18.2 Å². The van der Waals surface area contributed by atoms with Gasteiger partial charge in [-0.2, -0.15) is 13.2 Å². The third-order valence-electron chi connectivity index (χ3n) is 4.42. The van der Waals surface area contributed by atoms with Crippen LogP contribution in [0.15, 0.2) is 47.7 Å². The molecule has 0 spiro atoms. The highest BCUT2D eigenvalue weighted by molar-refractivity contribution is 6.27. The first-order valence-corrected chi connectivity index (χ1v) is 8.36. The van der Waals surface area contributed by atoms with E-state index in [9.17, 15) is 27.2 Å². The molecule has 3 nitrogen and oxygen atoms in total. The van der Waals surface area contributed by atoms with Crippen LogP contribution in [0, 0.1) is 5.82 Å². The summed E-state index contributed by atoms with van der Waals surface area (Å²) in [6.07, 6.45) is -3.62. The maximum Gasteiger partial charge on any atom is 0.417 e. The number of hydrogen-bond acceptors (Lipinski definition) is 3. The van der Waals surface area contributed by atoms with Crippen LogP contribution in [0.4, 0.5) is 17.6 Å². The molecule has 2 aromatic rings. The monoisotopic (exact) mass is 377 g/mol. The quantitative estimate of drug-likeness (QED) is 0.708. The van der Waals surface area contributed by atoms with Gasteiger partial charge < -0.3 is 0 Å². The molecular weight excluding hydrogens is 362 g/mol. The Labute approximate surface area is 152 Å². The molecule has 7 heteroatoms. The molecule has 0 unspecified atom stereocenters. The highest BCUT2D eigenvalue weighted by Crippen LogP contribution is 2.32. The summed E-state index contributed by atoms with van der Waals surface area (Å²) in [6.45, 7) is 1.83. The fourth-order valence-corrected chi connectivity index (χ4v) is 3.10. The van der Waals surface area contributed by atoms with E-state index >= 15 is 0 Å². The molecule has 1 aromatic heterocycles. The number of hydrogen-bond donors (Lipinski definition) is 0. The van der Waals surface area contributed by atoms with E-state index in [0.29, 0.717) is 25.1 Å². The van der Waals surface area contributed by atoms with E-state index in [0.717, 1.165) is 0 Å². The molecule has 0 fully saturated rings. The zero-order valence-electron chi connectivity index (χ0n) is 14.4. The molecule has 1 aromatic carbocycles. The Morgan fingerprint density at radius 1 is 1.00 bits per heavy atom. The van der Waals surface area contributed by atoms with E-state index in [1.807, 2.05) is 6.92 Å². The van der Waals surface area contributed by atoms with Gasteiger partial charge in [-0.25, -0.2) is 4.39 Å². The molecule has 0 bridgehead atoms. The van der Waals surface area contributed by atoms with Crippen molar-refractivity contribution in [2.45, 2.75) is 32.4 Å². The van der Waals surface area contributed by atoms with Gasteiger partial charge in [-0.3, -0.25) is 14.6 Å². The minimum absolute atomic E-state index is 0.0895. The molecule has 3 rings (SSSR count). The first-order valence-electron chi connectivity index (χ1n) is 8.36. The lowest BCUT2D eigenvalue weighted by Crippen LogP contribution is -2.24. The topological polar surface area (TPSA) is 47.0 Å². The first-order chi connectivity index (χ1) is 12.7. The van der Waals surface area contributed by atoms with Crippen molar-refractivity contribution in [3.8, 4) is 0 Å². The average molecular weight is 377 g/mol. The van der Waals surface area contributed by atoms with E-state index in [-0.39, 0.29) is 40.2 Å². The predicted molar refractivity (Wildman–Crippen MR) is 89.9 cm³/mol. The number of carbonyl (C=O) groups excluding carboxylic acids is 2. The number of aromatic nitrogens is 1. The van der Waals surface area contributed by atoms with Crippen molar-refractivity contribution in [2.75, 3.05) is 0 Å². The normalized spacial score (nSPS) is 14.6. The molecule has 0 saturated heterocycles. The van der Waals surface area contributed by atoms with Crippen LogP contribution in [0.25, 0.3) is 0 Å². The van der Waals surface area contributed by atoms with Crippen LogP contribution < -0.4 is 0 Å². The molecule has 0 radical (unpaired) electrons. The Morgan fingerprint density at radius 3 is 2.11 bits per heavy atom. The molecule has 0 amide bonds. The van der Waals surface area contributed by atoms with Crippen molar-refractivity contribution in [3.05, 3.63) is 75.9 Å². The van der Waals surface area contributed by atoms with Crippen molar-refractivity contribution in [1.29, 1.82) is 0 Å². The first kappa shape index (κ1) is 18.9. The van der Waals surface area contributed by atoms with Gasteiger partial charge in [0.15, 0.2) is 11.6 Å². The number of nitrogens with zero attached hydrogens (tertiary/aromatic N) is 1. The standard InChI is InChI=1S/C20H15F4NO2/c1-2-5-12-15(19(27)14-7-4-3-6-13(14)18(12)26)9-17-16(21)8-11(10-25-17)20(22,23)24/h3-4,6-8,10H,2,5,9H2,1H3. The van der Waals surface area contributed by atoms with Crippen LogP contribution in [-0.4, -0.2) is 16.6 Å². The summed E-state index contributed by atoms with van der Waals surface area (Å²) in [7, 11) is 0. The van der Waals surface area contributed by atoms with Crippen molar-refractivity contribution in [3.63, 3.8) is 0 Å². The summed E-state index contributed by atoms with van der Waals surface area (Å²) in [5, 5.41) is 0. The van der Waals surface area contributed by atoms with Crippen LogP contribution in [-0.2, 0) is 12.6 Å². The maximum absolute atomic E-state index is 14.2. The highest BCUT2D eigenvalue weighted by Gasteiger charge is 2.34. The average Bonchev–Trinajstić information content (AvgIpc) is 2.63. The van der Waals surface area contributed by atoms with Crippen molar-refractivity contribution >= 4 is 11.6 Å². The van der Waals surface area contributed by atoms with E-state index < -0.39 is 23.3 Å². The predicted octanol–water partition coefficient (Wildman–Crippen LogP) is 4.96. The Morgan fingerprint density at radius 2 is 1.59 bits per heavy atom. The van der Waals surface area contributed by atoms with E-state index in [1.165, 1.54) is 6.07 Å². The summed E-state index contributed by atoms with van der Waals surface area (Å²) in [5.41, 5.74) is -0.649. The minimum Gasteiger partial charge on any atom is -0.289 e. The van der Waals surface area contributed by atoms with Gasteiger partial charge in [0.2, 0.25) is 0 Å². The smallest absolute Gasteiger partial charge is 0.289 e. The Kier molecular flexibility index (Phi) is 4.95. The Bertz CT molecular complexity index is 961. The van der Waals surface area contributed by atoms with Gasteiger partial charge in [-0.05, 0) is 12.5 Å². The van der Waals surface area contributed by atoms with Gasteiger partial charge in [-0.1, -0.05) is 37.6 Å². The number of ketones is 2. The van der Waals surface area contributed by atoms with Gasteiger partial charge in [0, 0.05) is 34.9 Å². The summed E-state index contributed by atoms with van der Waals surface area (Å²) >= 11 is 0. The number of fused-ring (bicyclic) bond motifs is 1. The number of benzene rings is 1. The second-order valence-corrected chi connectivity index (χ2v) is 6.24. The number of Topliss-reactive ketones (excluding diaryl/α,β-unsaturated/α-hetero) is 2. The van der Waals surface area contributed by atoms with Crippen LogP contribution in [0.3, 0.4) is 0 Å². The lowest BCUT2D eigenvalue weighted by atomic mass is 9.80. The number of carbonyl (C=O) groups is 2. The Hall–Kier alpha value is -2.83. The van der Waals surface area contributed by atoms with Crippen molar-refractivity contribution in [1.82, 2.24) is 4.98 Å². The second kappa shape index (κ2) is 7.06. The second-order valence-electron chi connectivity index (χ2n) is 6.24. The fourth-order valence-electron chi connectivity index (χ4n) is 3.10. The number of halogens is 4. The largest absolute Gasteiger partial charge is 0.417 e. The van der Waals surface area contributed by atoms with Crippen LogP contribution in [0.1, 0.15) is 51.7 Å². The molecule has 140 valence electrons. The van der Waals surface area contributed by atoms with Gasteiger partial charge >= 0.3 is 6.18 Å². The summed E-state index contributed by atoms with van der Waals surface area (Å²) in [6, 6.07) is 6.68. The highest BCUT2D eigenvalue weighted by atomic mass is 19.4. The lowest BCUT2D eigenvalue weighted by molar-refractivity contribution is -0.138. The van der Waals surface area contributed by atoms with Gasteiger partial charge in [-0.15, -0.1) is 0 Å². The lowest BCUT2D eigenvalue weighted by Gasteiger charge is -2.21. The Balaban J connectivity index is 2.05.